The van der Waals surface area contributed by atoms with Crippen molar-refractivity contribution in [2.24, 2.45) is 18.1 Å². The molecule has 0 radical (unpaired) electrons. The Labute approximate surface area is 184 Å². The summed E-state index contributed by atoms with van der Waals surface area (Å²) >= 11 is 6.11. The van der Waals surface area contributed by atoms with E-state index in [0.717, 1.165) is 16.8 Å². The van der Waals surface area contributed by atoms with Crippen LogP contribution in [0.25, 0.3) is 11.1 Å². The highest BCUT2D eigenvalue weighted by molar-refractivity contribution is 6.31. The molecule has 1 heterocycles. The summed E-state index contributed by atoms with van der Waals surface area (Å²) in [6, 6.07) is 12.5. The van der Waals surface area contributed by atoms with E-state index in [9.17, 15) is 9.30 Å². The summed E-state index contributed by atoms with van der Waals surface area (Å²) in [6.45, 7) is 1.56. The molecule has 4 N–H and O–H groups in total. The normalized spacial score (nSPS) is 11.9. The van der Waals surface area contributed by atoms with Crippen molar-refractivity contribution in [3.8, 4) is 11.1 Å². The third-order valence-electron chi connectivity index (χ3n) is 4.70. The summed E-state index contributed by atoms with van der Waals surface area (Å²) in [5.74, 6) is -0.362. The molecule has 1 aromatic heterocycles. The molecule has 164 valence electrons. The molecule has 10 heteroatoms. The van der Waals surface area contributed by atoms with Gasteiger partial charge in [0.25, 0.3) is 0 Å². The first kappa shape index (κ1) is 22.7. The van der Waals surface area contributed by atoms with Crippen LogP contribution in [-0.2, 0) is 25.0 Å². The lowest BCUT2D eigenvalue weighted by molar-refractivity contribution is 0.0704. The molecule has 0 aliphatic carbocycles. The number of halogens is 2. The van der Waals surface area contributed by atoms with Crippen molar-refractivity contribution in [3.63, 3.8) is 0 Å². The minimum Gasteiger partial charge on any atom is -0.381 e. The van der Waals surface area contributed by atoms with Crippen LogP contribution in [0.1, 0.15) is 11.3 Å². The van der Waals surface area contributed by atoms with Crippen LogP contribution in [0.5, 0.6) is 0 Å². The van der Waals surface area contributed by atoms with E-state index in [-0.39, 0.29) is 18.9 Å². The number of benzene rings is 2. The zero-order valence-corrected chi connectivity index (χ0v) is 17.8. The molecule has 1 unspecified atom stereocenters. The predicted octanol–water partition coefficient (Wildman–Crippen LogP) is 3.61. The van der Waals surface area contributed by atoms with Gasteiger partial charge in [0.2, 0.25) is 0 Å². The third kappa shape index (κ3) is 6.24. The van der Waals surface area contributed by atoms with Gasteiger partial charge < -0.3 is 21.2 Å². The number of aromatic nitrogens is 2. The number of nitrogens with one attached hydrogen (secondary N) is 2. The smallest absolute Gasteiger partial charge is 0.160 e. The number of nitrogens with zero attached hydrogens (tertiary/aromatic N) is 3. The van der Waals surface area contributed by atoms with Crippen molar-refractivity contribution in [2.75, 3.05) is 18.4 Å². The predicted molar refractivity (Wildman–Crippen MR) is 119 cm³/mol. The number of hydrogen-bond acceptors (Lipinski definition) is 7. The van der Waals surface area contributed by atoms with Gasteiger partial charge in [-0.3, -0.25) is 4.68 Å². The molecule has 3 rings (SSSR count). The van der Waals surface area contributed by atoms with E-state index in [2.05, 4.69) is 25.9 Å². The lowest BCUT2D eigenvalue weighted by atomic mass is 10.0. The first-order chi connectivity index (χ1) is 15.0. The fourth-order valence-electron chi connectivity index (χ4n) is 3.07. The summed E-state index contributed by atoms with van der Waals surface area (Å²) < 4.78 is 16.3. The fourth-order valence-corrected chi connectivity index (χ4v) is 3.31. The molecule has 2 aromatic carbocycles. The van der Waals surface area contributed by atoms with Gasteiger partial charge >= 0.3 is 0 Å². The maximum absolute atomic E-state index is 14.6. The molecule has 0 saturated heterocycles. The van der Waals surface area contributed by atoms with Gasteiger partial charge in [0.1, 0.15) is 5.82 Å². The first-order valence-electron chi connectivity index (χ1n) is 9.70. The van der Waals surface area contributed by atoms with Crippen LogP contribution in [0, 0.1) is 10.7 Å². The van der Waals surface area contributed by atoms with Crippen molar-refractivity contribution >= 4 is 17.3 Å². The Bertz CT molecular complexity index is 1010. The zero-order valence-electron chi connectivity index (χ0n) is 17.0. The highest BCUT2D eigenvalue weighted by atomic mass is 35.5. The van der Waals surface area contributed by atoms with Crippen LogP contribution in [0.3, 0.4) is 0 Å². The quantitative estimate of drug-likeness (QED) is 0.307. The fraction of sp³-hybridized carbons (Fsp3) is 0.286. The number of rotatable bonds is 11. The van der Waals surface area contributed by atoms with Crippen LogP contribution < -0.4 is 16.4 Å². The number of hydrogen-bond donors (Lipinski definition) is 3. The number of anilines is 1. The molecule has 0 aliphatic heterocycles. The minimum atomic E-state index is -0.574. The van der Waals surface area contributed by atoms with E-state index in [1.165, 1.54) is 6.07 Å². The Morgan fingerprint density at radius 2 is 2.03 bits per heavy atom. The largest absolute Gasteiger partial charge is 0.381 e. The molecule has 0 fully saturated rings. The van der Waals surface area contributed by atoms with Crippen molar-refractivity contribution in [1.82, 2.24) is 15.1 Å². The molecule has 3 aromatic rings. The maximum atomic E-state index is 14.6. The maximum Gasteiger partial charge on any atom is 0.160 e. The van der Waals surface area contributed by atoms with Crippen LogP contribution in [0.2, 0.25) is 5.02 Å². The summed E-state index contributed by atoms with van der Waals surface area (Å²) in [7, 11) is 1.83. The van der Waals surface area contributed by atoms with Gasteiger partial charge in [-0.2, -0.15) is 5.10 Å². The average Bonchev–Trinajstić information content (AvgIpc) is 3.08. The topological polar surface area (TPSA) is 107 Å². The minimum absolute atomic E-state index is 0.120. The van der Waals surface area contributed by atoms with Crippen LogP contribution in [-0.4, -0.2) is 29.0 Å². The van der Waals surface area contributed by atoms with Crippen molar-refractivity contribution in [1.29, 1.82) is 0 Å². The van der Waals surface area contributed by atoms with E-state index in [1.807, 2.05) is 31.3 Å². The molecule has 0 amide bonds. The van der Waals surface area contributed by atoms with Crippen molar-refractivity contribution in [2.45, 2.75) is 19.2 Å². The third-order valence-corrected chi connectivity index (χ3v) is 5.01. The average molecular weight is 447 g/mol. The zero-order chi connectivity index (χ0) is 22.2. The Hall–Kier alpha value is -3.01. The highest BCUT2D eigenvalue weighted by Crippen LogP contribution is 2.26. The molecular weight excluding hydrogens is 423 g/mol. The molecule has 8 nitrogen and oxygen atoms in total. The van der Waals surface area contributed by atoms with Gasteiger partial charge in [-0.05, 0) is 29.3 Å². The first-order valence-corrected chi connectivity index (χ1v) is 10.1. The molecular formula is C21H24ClFN6O2. The van der Waals surface area contributed by atoms with E-state index in [1.54, 1.807) is 23.0 Å². The molecule has 0 aliphatic rings. The van der Waals surface area contributed by atoms with Gasteiger partial charge in [-0.25, -0.2) is 4.39 Å². The van der Waals surface area contributed by atoms with Gasteiger partial charge in [0.05, 0.1) is 17.3 Å². The summed E-state index contributed by atoms with van der Waals surface area (Å²) in [6.07, 6.45) is 1.19. The van der Waals surface area contributed by atoms with Crippen molar-refractivity contribution < 1.29 is 9.23 Å². The van der Waals surface area contributed by atoms with E-state index < -0.39 is 6.10 Å². The molecule has 31 heavy (non-hydrogen) atoms. The van der Waals surface area contributed by atoms with Crippen LogP contribution in [0.15, 0.2) is 54.0 Å². The second-order valence-electron chi connectivity index (χ2n) is 7.01. The van der Waals surface area contributed by atoms with Gasteiger partial charge in [0, 0.05) is 44.1 Å². The standard InChI is InChI=1S/C21H24ClFN6O2/c1-29-13-19(22)21(27-29)12-25-10-14-2-4-15(5-3-14)18-7-6-16(8-20(18)23)26-11-17(9-24)31-28-30/h2-8,13,17,25-26H,9-12,24H2,1H3. The van der Waals surface area contributed by atoms with Gasteiger partial charge in [-0.1, -0.05) is 35.9 Å². The Balaban J connectivity index is 1.57. The van der Waals surface area contributed by atoms with Crippen LogP contribution >= 0.6 is 11.6 Å². The number of aryl methyl sites for hydroxylation is 1. The van der Waals surface area contributed by atoms with Crippen LogP contribution in [0.4, 0.5) is 10.1 Å². The molecule has 0 saturated carbocycles. The summed E-state index contributed by atoms with van der Waals surface area (Å²) in [4.78, 5) is 14.8. The van der Waals surface area contributed by atoms with Gasteiger partial charge in [0.15, 0.2) is 11.4 Å². The second kappa shape index (κ2) is 10.9. The monoisotopic (exact) mass is 446 g/mol. The Morgan fingerprint density at radius 1 is 1.26 bits per heavy atom. The molecule has 1 atom stereocenters. The summed E-state index contributed by atoms with van der Waals surface area (Å²) in [5.41, 5.74) is 9.16. The molecule has 0 bridgehead atoms. The highest BCUT2D eigenvalue weighted by Gasteiger charge is 2.10. The second-order valence-corrected chi connectivity index (χ2v) is 7.42. The molecule has 0 spiro atoms. The summed E-state index contributed by atoms with van der Waals surface area (Å²) in [5, 5.41) is 13.6. The van der Waals surface area contributed by atoms with E-state index in [0.29, 0.717) is 29.4 Å². The lowest BCUT2D eigenvalue weighted by Crippen LogP contribution is -2.29. The Morgan fingerprint density at radius 3 is 2.65 bits per heavy atom. The Kier molecular flexibility index (Phi) is 7.94. The van der Waals surface area contributed by atoms with Crippen molar-refractivity contribution in [3.05, 3.63) is 75.7 Å². The van der Waals surface area contributed by atoms with Gasteiger partial charge in [-0.15, -0.1) is 4.91 Å². The SMILES string of the molecule is Cn1cc(Cl)c(CNCc2ccc(-c3ccc(NCC(CN)ON=O)cc3F)cc2)n1. The van der Waals surface area contributed by atoms with E-state index in [4.69, 9.17) is 17.3 Å². The lowest BCUT2D eigenvalue weighted by Gasteiger charge is -2.13. The van der Waals surface area contributed by atoms with E-state index >= 15 is 0 Å². The number of nitrogens with two attached hydrogens (primary N) is 1.